The Bertz CT molecular complexity index is 720. The Kier molecular flexibility index (Phi) is 9.41. The van der Waals surface area contributed by atoms with Gasteiger partial charge in [0.1, 0.15) is 6.54 Å². The summed E-state index contributed by atoms with van der Waals surface area (Å²) in [6, 6.07) is 7.18. The quantitative estimate of drug-likeness (QED) is 0.489. The van der Waals surface area contributed by atoms with E-state index in [0.29, 0.717) is 35.2 Å². The van der Waals surface area contributed by atoms with Crippen LogP contribution < -0.4 is 10.6 Å². The molecule has 3 N–H and O–H groups in total. The Morgan fingerprint density at radius 2 is 1.45 bits per heavy atom. The molecule has 3 atom stereocenters. The van der Waals surface area contributed by atoms with Crippen molar-refractivity contribution in [2.24, 2.45) is 29.6 Å². The Hall–Kier alpha value is -2.30. The van der Waals surface area contributed by atoms with E-state index in [-0.39, 0.29) is 12.5 Å². The molecule has 5 nitrogen and oxygen atoms in total. The Morgan fingerprint density at radius 3 is 1.90 bits per heavy atom. The first-order chi connectivity index (χ1) is 13.5. The lowest BCUT2D eigenvalue weighted by Crippen LogP contribution is -2.29. The fourth-order valence-corrected chi connectivity index (χ4v) is 3.28. The summed E-state index contributed by atoms with van der Waals surface area (Å²) in [5.41, 5.74) is 3.98. The molecule has 0 aromatic heterocycles. The van der Waals surface area contributed by atoms with Crippen LogP contribution >= 0.6 is 0 Å². The minimum atomic E-state index is -1.06. The van der Waals surface area contributed by atoms with E-state index in [1.54, 1.807) is 12.1 Å². The fraction of sp³-hybridized carbons (Fsp3) is 0.583. The van der Waals surface area contributed by atoms with Crippen molar-refractivity contribution in [3.8, 4) is 0 Å². The maximum absolute atomic E-state index is 12.0. The van der Waals surface area contributed by atoms with Gasteiger partial charge in [0.25, 0.3) is 5.91 Å². The van der Waals surface area contributed by atoms with Crippen molar-refractivity contribution in [3.05, 3.63) is 41.1 Å². The number of hydrogen-bond donors (Lipinski definition) is 3. The van der Waals surface area contributed by atoms with E-state index in [2.05, 4.69) is 66.0 Å². The van der Waals surface area contributed by atoms with Gasteiger partial charge in [-0.25, -0.2) is 0 Å². The maximum atomic E-state index is 12.0. The van der Waals surface area contributed by atoms with Crippen molar-refractivity contribution in [1.29, 1.82) is 0 Å². The van der Waals surface area contributed by atoms with Gasteiger partial charge in [0, 0.05) is 16.9 Å². The number of nitrogens with one attached hydrogen (secondary N) is 2. The van der Waals surface area contributed by atoms with Gasteiger partial charge in [0.05, 0.1) is 0 Å². The first-order valence-corrected chi connectivity index (χ1v) is 10.5. The third kappa shape index (κ3) is 7.22. The molecule has 162 valence electrons. The highest BCUT2D eigenvalue weighted by Gasteiger charge is 2.24. The number of carboxylic acid groups (broad SMARTS) is 1. The fourth-order valence-electron chi connectivity index (χ4n) is 3.28. The molecule has 0 aliphatic rings. The lowest BCUT2D eigenvalue weighted by molar-refractivity contribution is -0.135. The molecule has 0 saturated heterocycles. The molecule has 3 unspecified atom stereocenters. The highest BCUT2D eigenvalue weighted by atomic mass is 16.4. The number of allylic oxidation sites excluding steroid dienone is 2. The average Bonchev–Trinajstić information content (AvgIpc) is 2.68. The van der Waals surface area contributed by atoms with Crippen molar-refractivity contribution >= 4 is 17.6 Å². The molecule has 0 aliphatic carbocycles. The Balaban J connectivity index is 3.12. The van der Waals surface area contributed by atoms with Gasteiger partial charge in [0.2, 0.25) is 0 Å². The lowest BCUT2D eigenvalue weighted by Gasteiger charge is -2.31. The van der Waals surface area contributed by atoms with Crippen molar-refractivity contribution in [3.63, 3.8) is 0 Å². The predicted octanol–water partition coefficient (Wildman–Crippen LogP) is 5.41. The van der Waals surface area contributed by atoms with E-state index in [9.17, 15) is 9.59 Å². The summed E-state index contributed by atoms with van der Waals surface area (Å²) in [5.74, 6) is 1.02. The number of benzene rings is 1. The monoisotopic (exact) mass is 402 g/mol. The van der Waals surface area contributed by atoms with Crippen LogP contribution in [-0.2, 0) is 4.79 Å². The molecular weight excluding hydrogens is 364 g/mol. The topological polar surface area (TPSA) is 78.4 Å². The molecule has 0 bridgehead atoms. The van der Waals surface area contributed by atoms with E-state index in [4.69, 9.17) is 5.11 Å². The normalized spacial score (nSPS) is 15.5. The number of carboxylic acids is 1. The Morgan fingerprint density at radius 1 is 0.897 bits per heavy atom. The molecule has 5 heteroatoms. The van der Waals surface area contributed by atoms with Gasteiger partial charge in [0.15, 0.2) is 0 Å². The average molecular weight is 403 g/mol. The van der Waals surface area contributed by atoms with Crippen molar-refractivity contribution in [2.45, 2.75) is 55.4 Å². The van der Waals surface area contributed by atoms with E-state index < -0.39 is 5.97 Å². The second kappa shape index (κ2) is 11.0. The van der Waals surface area contributed by atoms with Crippen molar-refractivity contribution < 1.29 is 14.7 Å². The molecule has 1 amide bonds. The summed E-state index contributed by atoms with van der Waals surface area (Å²) in [5, 5.41) is 14.7. The van der Waals surface area contributed by atoms with Gasteiger partial charge in [-0.05, 0) is 60.8 Å². The zero-order valence-electron chi connectivity index (χ0n) is 19.2. The van der Waals surface area contributed by atoms with Crippen LogP contribution in [0.4, 0.5) is 5.69 Å². The van der Waals surface area contributed by atoms with Gasteiger partial charge < -0.3 is 15.7 Å². The molecule has 0 aliphatic heterocycles. The number of aliphatic carboxylic acids is 1. The van der Waals surface area contributed by atoms with Gasteiger partial charge in [-0.2, -0.15) is 0 Å². The molecule has 0 fully saturated rings. The minimum absolute atomic E-state index is 0.370. The van der Waals surface area contributed by atoms with Crippen LogP contribution in [-0.4, -0.2) is 23.5 Å². The van der Waals surface area contributed by atoms with E-state index in [1.807, 2.05) is 12.1 Å². The summed E-state index contributed by atoms with van der Waals surface area (Å²) >= 11 is 0. The zero-order valence-corrected chi connectivity index (χ0v) is 19.2. The van der Waals surface area contributed by atoms with Crippen molar-refractivity contribution in [1.82, 2.24) is 5.32 Å². The van der Waals surface area contributed by atoms with Crippen LogP contribution in [0.5, 0.6) is 0 Å². The molecule has 0 spiro atoms. The highest BCUT2D eigenvalue weighted by Crippen LogP contribution is 2.33. The van der Waals surface area contributed by atoms with Gasteiger partial charge >= 0.3 is 5.97 Å². The summed E-state index contributed by atoms with van der Waals surface area (Å²) in [7, 11) is 0. The molecule has 0 heterocycles. The second-order valence-corrected chi connectivity index (χ2v) is 8.80. The molecule has 1 rings (SSSR count). The first-order valence-electron chi connectivity index (χ1n) is 10.5. The first kappa shape index (κ1) is 24.7. The maximum Gasteiger partial charge on any atom is 0.322 e. The molecule has 29 heavy (non-hydrogen) atoms. The van der Waals surface area contributed by atoms with E-state index in [1.165, 1.54) is 11.3 Å². The molecular formula is C24H38N2O3. The second-order valence-electron chi connectivity index (χ2n) is 8.80. The standard InChI is InChI=1S/C24H38N2O3/c1-14(2)16(5)18(7)23(19(8)17(6)15(3)4)26-21-11-9-20(10-12-21)24(29)25-13-22(27)28/h9-12,14-18,26H,13H2,1-8H3,(H,25,29)(H,27,28)/b23-19-. The lowest BCUT2D eigenvalue weighted by atomic mass is 9.79. The smallest absolute Gasteiger partial charge is 0.322 e. The van der Waals surface area contributed by atoms with Crippen molar-refractivity contribution in [2.75, 3.05) is 11.9 Å². The predicted molar refractivity (Wildman–Crippen MR) is 120 cm³/mol. The van der Waals surface area contributed by atoms with Gasteiger partial charge in [-0.15, -0.1) is 0 Å². The number of carbonyl (C=O) groups excluding carboxylic acids is 1. The van der Waals surface area contributed by atoms with Crippen LogP contribution in [0.15, 0.2) is 35.5 Å². The third-order valence-corrected chi connectivity index (χ3v) is 6.23. The van der Waals surface area contributed by atoms with Crippen LogP contribution in [0.25, 0.3) is 0 Å². The molecule has 1 aromatic rings. The minimum Gasteiger partial charge on any atom is -0.480 e. The molecule has 1 aromatic carbocycles. The van der Waals surface area contributed by atoms with E-state index >= 15 is 0 Å². The third-order valence-electron chi connectivity index (χ3n) is 6.23. The SMILES string of the molecule is C/C(=C(/Nc1ccc(C(=O)NCC(=O)O)cc1)C(C)C(C)C(C)C)C(C)C(C)C. The zero-order chi connectivity index (χ0) is 22.3. The highest BCUT2D eigenvalue weighted by molar-refractivity contribution is 5.96. The summed E-state index contributed by atoms with van der Waals surface area (Å²) in [6.45, 7) is 17.7. The van der Waals surface area contributed by atoms with Crippen LogP contribution in [0.1, 0.15) is 65.7 Å². The summed E-state index contributed by atoms with van der Waals surface area (Å²) in [6.07, 6.45) is 0. The Labute approximate surface area is 176 Å². The summed E-state index contributed by atoms with van der Waals surface area (Å²) in [4.78, 5) is 22.6. The number of rotatable bonds is 10. The number of amides is 1. The van der Waals surface area contributed by atoms with Crippen LogP contribution in [0, 0.1) is 29.6 Å². The largest absolute Gasteiger partial charge is 0.480 e. The van der Waals surface area contributed by atoms with E-state index in [0.717, 1.165) is 5.69 Å². The number of carbonyl (C=O) groups is 2. The number of anilines is 1. The van der Waals surface area contributed by atoms with Gasteiger partial charge in [-0.1, -0.05) is 54.0 Å². The summed E-state index contributed by atoms with van der Waals surface area (Å²) < 4.78 is 0. The van der Waals surface area contributed by atoms with Crippen LogP contribution in [0.3, 0.4) is 0 Å². The number of hydrogen-bond acceptors (Lipinski definition) is 3. The van der Waals surface area contributed by atoms with Crippen LogP contribution in [0.2, 0.25) is 0 Å². The molecule has 0 saturated carbocycles. The van der Waals surface area contributed by atoms with Gasteiger partial charge in [-0.3, -0.25) is 9.59 Å². The molecule has 0 radical (unpaired) electrons.